The first-order valence-corrected chi connectivity index (χ1v) is 2.15. The van der Waals surface area contributed by atoms with Gasteiger partial charge in [-0.2, -0.15) is 8.78 Å². The van der Waals surface area contributed by atoms with Gasteiger partial charge >= 0.3 is 12.2 Å². The second-order valence-corrected chi connectivity index (χ2v) is 1.38. The van der Waals surface area contributed by atoms with E-state index in [2.05, 4.69) is 4.99 Å². The lowest BCUT2D eigenvalue weighted by molar-refractivity contribution is -0.138. The fraction of sp³-hybridized carbons (Fsp3) is 0.500. The van der Waals surface area contributed by atoms with Gasteiger partial charge < -0.3 is 5.11 Å². The Bertz CT molecular complexity index is 142. The van der Waals surface area contributed by atoms with Gasteiger partial charge in [-0.3, -0.25) is 0 Å². The van der Waals surface area contributed by atoms with E-state index in [4.69, 9.17) is 5.11 Å². The maximum Gasteiger partial charge on any atom is 0.361 e. The van der Waals surface area contributed by atoms with Crippen molar-refractivity contribution in [1.82, 2.24) is 0 Å². The van der Waals surface area contributed by atoms with Gasteiger partial charge in [-0.25, -0.2) is 9.79 Å². The molecular formula is C4H5F2NO2. The first-order valence-electron chi connectivity index (χ1n) is 2.15. The smallest absolute Gasteiger partial charge is 0.361 e. The molecule has 5 heteroatoms. The van der Waals surface area contributed by atoms with E-state index >= 15 is 0 Å². The molecule has 0 heterocycles. The van der Waals surface area contributed by atoms with Crippen molar-refractivity contribution in [3.63, 3.8) is 0 Å². The van der Waals surface area contributed by atoms with Crippen molar-refractivity contribution in [2.24, 2.45) is 4.99 Å². The van der Waals surface area contributed by atoms with Crippen LogP contribution in [-0.4, -0.2) is 23.3 Å². The minimum Gasteiger partial charge on any atom is -0.480 e. The minimum absolute atomic E-state index is 1.07. The van der Waals surface area contributed by atoms with Gasteiger partial charge in [0.2, 0.25) is 0 Å². The van der Waals surface area contributed by atoms with Crippen LogP contribution in [0.3, 0.4) is 0 Å². The fourth-order valence-corrected chi connectivity index (χ4v) is 0.202. The van der Waals surface area contributed by atoms with Crippen molar-refractivity contribution >= 4 is 12.2 Å². The molecule has 0 fully saturated rings. The molecule has 0 amide bonds. The largest absolute Gasteiger partial charge is 0.480 e. The maximum atomic E-state index is 11.1. The molecule has 0 saturated heterocycles. The van der Waals surface area contributed by atoms with Crippen LogP contribution in [0, 0.1) is 0 Å². The topological polar surface area (TPSA) is 49.7 Å². The summed E-state index contributed by atoms with van der Waals surface area (Å²) in [5, 5.41) is 7.99. The number of nitrogens with zero attached hydrogens (tertiary/aromatic N) is 1. The Morgan fingerprint density at radius 2 is 2.11 bits per heavy atom. The van der Waals surface area contributed by atoms with E-state index in [9.17, 15) is 13.6 Å². The number of carboxylic acid groups (broad SMARTS) is 1. The third-order valence-corrected chi connectivity index (χ3v) is 0.649. The fourth-order valence-electron chi connectivity index (χ4n) is 0.202. The number of carbonyl (C=O) groups is 1. The average molecular weight is 137 g/mol. The molecule has 0 aliphatic carbocycles. The molecule has 0 bridgehead atoms. The van der Waals surface area contributed by atoms with Crippen LogP contribution in [0.2, 0.25) is 0 Å². The van der Waals surface area contributed by atoms with Crippen LogP contribution in [0.1, 0.15) is 6.92 Å². The van der Waals surface area contributed by atoms with E-state index < -0.39 is 18.2 Å². The monoisotopic (exact) mass is 137 g/mol. The van der Waals surface area contributed by atoms with Crippen LogP contribution in [-0.2, 0) is 4.79 Å². The average Bonchev–Trinajstić information content (AvgIpc) is 1.63. The number of rotatable bonds is 2. The first kappa shape index (κ1) is 8.00. The molecule has 3 nitrogen and oxygen atoms in total. The van der Waals surface area contributed by atoms with Crippen molar-refractivity contribution in [2.75, 3.05) is 0 Å². The summed E-state index contributed by atoms with van der Waals surface area (Å²) in [6.07, 6.45) is -2.20. The normalized spacial score (nSPS) is 12.3. The SMILES string of the molecule is C[C@H](N=C(F)F)C(=O)O. The Labute approximate surface area is 50.0 Å². The zero-order valence-corrected chi connectivity index (χ0v) is 4.64. The van der Waals surface area contributed by atoms with Gasteiger partial charge in [0.05, 0.1) is 0 Å². The summed E-state index contributed by atoms with van der Waals surface area (Å²) in [5.41, 5.74) is 0. The van der Waals surface area contributed by atoms with Crippen molar-refractivity contribution < 1.29 is 18.7 Å². The van der Waals surface area contributed by atoms with Gasteiger partial charge in [0.1, 0.15) is 6.04 Å². The van der Waals surface area contributed by atoms with Gasteiger partial charge in [-0.15, -0.1) is 0 Å². The molecule has 1 atom stereocenters. The number of aliphatic imine (C=N–C) groups is 1. The molecule has 0 saturated carbocycles. The van der Waals surface area contributed by atoms with Gasteiger partial charge in [0.15, 0.2) is 0 Å². The summed E-state index contributed by atoms with van der Waals surface area (Å²) < 4.78 is 22.3. The number of carboxylic acids is 1. The third kappa shape index (κ3) is 3.57. The summed E-state index contributed by atoms with van der Waals surface area (Å²) in [5.74, 6) is -1.36. The van der Waals surface area contributed by atoms with E-state index in [1.165, 1.54) is 0 Å². The zero-order valence-electron chi connectivity index (χ0n) is 4.64. The van der Waals surface area contributed by atoms with E-state index in [-0.39, 0.29) is 0 Å². The van der Waals surface area contributed by atoms with Crippen LogP contribution in [0.25, 0.3) is 0 Å². The van der Waals surface area contributed by atoms with Crippen molar-refractivity contribution in [2.45, 2.75) is 13.0 Å². The minimum atomic E-state index is -2.20. The number of hydrogen-bond donors (Lipinski definition) is 1. The molecule has 0 unspecified atom stereocenters. The highest BCUT2D eigenvalue weighted by molar-refractivity contribution is 5.76. The van der Waals surface area contributed by atoms with Gasteiger partial charge in [-0.1, -0.05) is 0 Å². The molecule has 0 radical (unpaired) electrons. The lowest BCUT2D eigenvalue weighted by Crippen LogP contribution is -2.13. The maximum absolute atomic E-state index is 11.1. The lowest BCUT2D eigenvalue weighted by Gasteiger charge is -1.93. The van der Waals surface area contributed by atoms with Crippen LogP contribution in [0.4, 0.5) is 8.78 Å². The van der Waals surface area contributed by atoms with Crippen LogP contribution in [0.5, 0.6) is 0 Å². The van der Waals surface area contributed by atoms with E-state index in [1.807, 2.05) is 0 Å². The Morgan fingerprint density at radius 3 is 2.22 bits per heavy atom. The molecule has 0 rings (SSSR count). The molecule has 0 aromatic heterocycles. The van der Waals surface area contributed by atoms with E-state index in [1.54, 1.807) is 0 Å². The van der Waals surface area contributed by atoms with Crippen molar-refractivity contribution in [3.8, 4) is 0 Å². The summed E-state index contributed by atoms with van der Waals surface area (Å²) >= 11 is 0. The lowest BCUT2D eigenvalue weighted by atomic mass is 10.4. The van der Waals surface area contributed by atoms with Crippen LogP contribution < -0.4 is 0 Å². The Kier molecular flexibility index (Phi) is 2.77. The van der Waals surface area contributed by atoms with Gasteiger partial charge in [0.25, 0.3) is 0 Å². The highest BCUT2D eigenvalue weighted by Crippen LogP contribution is 1.92. The van der Waals surface area contributed by atoms with Crippen LogP contribution >= 0.6 is 0 Å². The summed E-state index contributed by atoms with van der Waals surface area (Å²) in [6.45, 7) is 1.07. The van der Waals surface area contributed by atoms with Gasteiger partial charge in [-0.05, 0) is 6.92 Å². The second kappa shape index (κ2) is 3.11. The van der Waals surface area contributed by atoms with Crippen molar-refractivity contribution in [3.05, 3.63) is 0 Å². The highest BCUT2D eigenvalue weighted by atomic mass is 19.3. The molecule has 9 heavy (non-hydrogen) atoms. The molecule has 0 aromatic rings. The molecule has 0 spiro atoms. The molecule has 0 aromatic carbocycles. The number of aliphatic carboxylic acids is 1. The molecule has 52 valence electrons. The second-order valence-electron chi connectivity index (χ2n) is 1.38. The summed E-state index contributed by atoms with van der Waals surface area (Å²) in [7, 11) is 0. The standard InChI is InChI=1S/C4H5F2NO2/c1-2(3(8)9)7-4(5)6/h2H,1H3,(H,8,9)/t2-/m0/s1. The van der Waals surface area contributed by atoms with Crippen molar-refractivity contribution in [1.29, 1.82) is 0 Å². The zero-order chi connectivity index (χ0) is 7.44. The molecule has 0 aliphatic rings. The highest BCUT2D eigenvalue weighted by Gasteiger charge is 2.09. The summed E-state index contributed by atoms with van der Waals surface area (Å²) in [4.78, 5) is 12.3. The predicted molar refractivity (Wildman–Crippen MR) is 26.7 cm³/mol. The van der Waals surface area contributed by atoms with E-state index in [0.29, 0.717) is 0 Å². The predicted octanol–water partition coefficient (Wildman–Crippen LogP) is 0.755. The van der Waals surface area contributed by atoms with Crippen LogP contribution in [0.15, 0.2) is 4.99 Å². The summed E-state index contributed by atoms with van der Waals surface area (Å²) in [6, 6.07) is -1.35. The molecule has 1 N–H and O–H groups in total. The molecular weight excluding hydrogens is 132 g/mol. The number of halogens is 2. The molecule has 0 aliphatic heterocycles. The van der Waals surface area contributed by atoms with E-state index in [0.717, 1.165) is 6.92 Å². The Balaban J connectivity index is 3.91. The van der Waals surface area contributed by atoms with Gasteiger partial charge in [0, 0.05) is 0 Å². The third-order valence-electron chi connectivity index (χ3n) is 0.649. The number of hydrogen-bond acceptors (Lipinski definition) is 2. The first-order chi connectivity index (χ1) is 4.04. The Hall–Kier alpha value is -1.00. The quantitative estimate of drug-likeness (QED) is 0.571. The Morgan fingerprint density at radius 1 is 1.67 bits per heavy atom.